The van der Waals surface area contributed by atoms with E-state index in [0.717, 1.165) is 6.61 Å². The fourth-order valence-electron chi connectivity index (χ4n) is 0.612. The predicted molar refractivity (Wildman–Crippen MR) is 61.2 cm³/mol. The maximum Gasteiger partial charge on any atom is 1.00 e. The van der Waals surface area contributed by atoms with Crippen LogP contribution in [0.4, 0.5) is 0 Å². The van der Waals surface area contributed by atoms with Crippen LogP contribution in [0.1, 0.15) is 27.7 Å². The van der Waals surface area contributed by atoms with Crippen molar-refractivity contribution in [1.82, 2.24) is 0 Å². The SMILES string of the molecule is [CH-]=C[C@@H](C)CO[Si](C)(C)C(C)(C)C.[Li+]. The molecule has 0 aliphatic heterocycles. The first-order valence-corrected chi connectivity index (χ1v) is 7.80. The van der Waals surface area contributed by atoms with Gasteiger partial charge in [0.1, 0.15) is 0 Å². The Bertz CT molecular complexity index is 173. The van der Waals surface area contributed by atoms with E-state index in [0.29, 0.717) is 11.0 Å². The molecule has 1 atom stereocenters. The van der Waals surface area contributed by atoms with Gasteiger partial charge in [0.15, 0.2) is 8.32 Å². The van der Waals surface area contributed by atoms with E-state index in [1.165, 1.54) is 0 Å². The molecule has 14 heavy (non-hydrogen) atoms. The molecule has 0 unspecified atom stereocenters. The first-order chi connectivity index (χ1) is 5.70. The summed E-state index contributed by atoms with van der Waals surface area (Å²) in [5.41, 5.74) is 0. The first kappa shape index (κ1) is 16.9. The van der Waals surface area contributed by atoms with E-state index >= 15 is 0 Å². The topological polar surface area (TPSA) is 9.23 Å². The molecule has 0 heterocycles. The van der Waals surface area contributed by atoms with Gasteiger partial charge < -0.3 is 11.0 Å². The fourth-order valence-corrected chi connectivity index (χ4v) is 1.72. The molecule has 0 aromatic carbocycles. The van der Waals surface area contributed by atoms with Crippen LogP contribution in [0.5, 0.6) is 0 Å². The standard InChI is InChI=1S/C11H23OSi.Li/c1-8-10(2)9-12-13(6,7)11(3,4)5;/h1,8,10H,9H2,2-7H3;/q-1;+1/t10-;/m1./s1. The minimum Gasteiger partial charge on any atom is -0.518 e. The van der Waals surface area contributed by atoms with Gasteiger partial charge in [0, 0.05) is 6.61 Å². The average molecular weight is 206 g/mol. The van der Waals surface area contributed by atoms with Crippen molar-refractivity contribution in [2.24, 2.45) is 5.92 Å². The second-order valence-corrected chi connectivity index (χ2v) is 10.1. The second kappa shape index (κ2) is 6.17. The van der Waals surface area contributed by atoms with Gasteiger partial charge in [-0.3, -0.25) is 6.08 Å². The van der Waals surface area contributed by atoms with Crippen LogP contribution < -0.4 is 18.9 Å². The van der Waals surface area contributed by atoms with Gasteiger partial charge in [0.05, 0.1) is 0 Å². The van der Waals surface area contributed by atoms with Crippen LogP contribution in [0.2, 0.25) is 18.1 Å². The van der Waals surface area contributed by atoms with Gasteiger partial charge in [-0.05, 0) is 24.1 Å². The summed E-state index contributed by atoms with van der Waals surface area (Å²) >= 11 is 0. The van der Waals surface area contributed by atoms with Crippen molar-refractivity contribution >= 4 is 8.32 Å². The Morgan fingerprint density at radius 2 is 1.79 bits per heavy atom. The predicted octanol–water partition coefficient (Wildman–Crippen LogP) is 0.637. The van der Waals surface area contributed by atoms with Crippen molar-refractivity contribution in [2.45, 2.75) is 45.8 Å². The van der Waals surface area contributed by atoms with Crippen LogP contribution in [0.3, 0.4) is 0 Å². The summed E-state index contributed by atoms with van der Waals surface area (Å²) in [6, 6.07) is 0. The smallest absolute Gasteiger partial charge is 0.518 e. The third kappa shape index (κ3) is 5.41. The molecule has 0 bridgehead atoms. The molecule has 78 valence electrons. The average Bonchev–Trinajstić information content (AvgIpc) is 1.98. The Morgan fingerprint density at radius 3 is 2.07 bits per heavy atom. The van der Waals surface area contributed by atoms with Crippen molar-refractivity contribution in [3.05, 3.63) is 12.7 Å². The number of hydrogen-bond donors (Lipinski definition) is 0. The Morgan fingerprint density at radius 1 is 1.36 bits per heavy atom. The molecule has 0 radical (unpaired) electrons. The molecule has 0 rings (SSSR count). The normalized spacial score (nSPS) is 14.4. The molecule has 1 nitrogen and oxygen atoms in total. The molecule has 0 fully saturated rings. The first-order valence-electron chi connectivity index (χ1n) is 4.90. The Balaban J connectivity index is 0. The molecular formula is C11H23LiOSi. The summed E-state index contributed by atoms with van der Waals surface area (Å²) in [7, 11) is -1.56. The molecule has 0 aliphatic rings. The summed E-state index contributed by atoms with van der Waals surface area (Å²) < 4.78 is 5.97. The molecule has 0 aliphatic carbocycles. The zero-order chi connectivity index (χ0) is 10.7. The Kier molecular flexibility index (Phi) is 7.47. The number of hydrogen-bond acceptors (Lipinski definition) is 1. The van der Waals surface area contributed by atoms with Crippen LogP contribution in [0.15, 0.2) is 6.08 Å². The minimum atomic E-state index is -1.56. The number of rotatable bonds is 4. The van der Waals surface area contributed by atoms with Gasteiger partial charge in [-0.1, -0.05) is 27.7 Å². The summed E-state index contributed by atoms with van der Waals surface area (Å²) in [4.78, 5) is 0. The largest absolute Gasteiger partial charge is 1.00 e. The van der Waals surface area contributed by atoms with E-state index in [-0.39, 0.29) is 18.9 Å². The van der Waals surface area contributed by atoms with E-state index < -0.39 is 8.32 Å². The van der Waals surface area contributed by atoms with Crippen LogP contribution in [-0.2, 0) is 4.43 Å². The third-order valence-corrected chi connectivity index (χ3v) is 7.34. The van der Waals surface area contributed by atoms with E-state index in [4.69, 9.17) is 11.0 Å². The molecule has 0 aromatic rings. The molecule has 0 spiro atoms. The van der Waals surface area contributed by atoms with Gasteiger partial charge in [-0.2, -0.15) is 0 Å². The second-order valence-electron chi connectivity index (χ2n) is 5.24. The van der Waals surface area contributed by atoms with Crippen molar-refractivity contribution in [1.29, 1.82) is 0 Å². The van der Waals surface area contributed by atoms with E-state index in [2.05, 4.69) is 40.8 Å². The van der Waals surface area contributed by atoms with Gasteiger partial charge in [-0.25, -0.2) is 0 Å². The molecule has 0 aromatic heterocycles. The molecule has 0 saturated heterocycles. The van der Waals surface area contributed by atoms with Gasteiger partial charge in [-0.15, -0.1) is 0 Å². The van der Waals surface area contributed by atoms with Gasteiger partial charge in [0.2, 0.25) is 0 Å². The maximum absolute atomic E-state index is 5.97. The van der Waals surface area contributed by atoms with Crippen molar-refractivity contribution in [3.63, 3.8) is 0 Å². The summed E-state index contributed by atoms with van der Waals surface area (Å²) in [5, 5.41) is 0.293. The van der Waals surface area contributed by atoms with Crippen molar-refractivity contribution in [2.75, 3.05) is 6.61 Å². The minimum absolute atomic E-state index is 0. The van der Waals surface area contributed by atoms with E-state index in [9.17, 15) is 0 Å². The molecule has 0 amide bonds. The molecular weight excluding hydrogens is 183 g/mol. The molecule has 3 heteroatoms. The zero-order valence-corrected chi connectivity index (χ0v) is 11.8. The van der Waals surface area contributed by atoms with Crippen molar-refractivity contribution in [3.8, 4) is 0 Å². The summed E-state index contributed by atoms with van der Waals surface area (Å²) in [5.74, 6) is 0.356. The Labute approximate surface area is 103 Å². The molecule has 0 saturated carbocycles. The zero-order valence-electron chi connectivity index (χ0n) is 10.8. The van der Waals surface area contributed by atoms with Crippen LogP contribution in [0, 0.1) is 12.5 Å². The van der Waals surface area contributed by atoms with Gasteiger partial charge >= 0.3 is 18.9 Å². The van der Waals surface area contributed by atoms with Crippen LogP contribution in [0.25, 0.3) is 0 Å². The maximum atomic E-state index is 5.97. The van der Waals surface area contributed by atoms with E-state index in [1.54, 1.807) is 6.08 Å². The third-order valence-electron chi connectivity index (χ3n) is 2.84. The van der Waals surface area contributed by atoms with Crippen LogP contribution in [-0.4, -0.2) is 14.9 Å². The van der Waals surface area contributed by atoms with Crippen LogP contribution >= 0.6 is 0 Å². The van der Waals surface area contributed by atoms with Gasteiger partial charge in [0.25, 0.3) is 0 Å². The van der Waals surface area contributed by atoms with E-state index in [1.807, 2.05) is 0 Å². The molecule has 0 N–H and O–H groups in total. The van der Waals surface area contributed by atoms with Crippen molar-refractivity contribution < 1.29 is 23.3 Å². The summed E-state index contributed by atoms with van der Waals surface area (Å²) in [6.45, 7) is 19.5. The quantitative estimate of drug-likeness (QED) is 0.484. The fraction of sp³-hybridized carbons (Fsp3) is 0.818. The Hall–Kier alpha value is 0.514. The monoisotopic (exact) mass is 206 g/mol. The summed E-state index contributed by atoms with van der Waals surface area (Å²) in [6.07, 6.45) is 1.70.